The van der Waals surface area contributed by atoms with Crippen molar-refractivity contribution in [2.75, 3.05) is 7.11 Å². The first-order valence-electron chi connectivity index (χ1n) is 10.2. The maximum atomic E-state index is 13.4. The molecular weight excluding hydrogens is 390 g/mol. The summed E-state index contributed by atoms with van der Waals surface area (Å²) in [6, 6.07) is 7.72. The molecule has 0 amide bonds. The van der Waals surface area contributed by atoms with Crippen molar-refractivity contribution in [2.24, 2.45) is 0 Å². The molecule has 0 unspecified atom stereocenters. The minimum atomic E-state index is -0.452. The molecule has 3 rings (SSSR count). The van der Waals surface area contributed by atoms with E-state index in [-0.39, 0.29) is 24.0 Å². The molecule has 0 saturated heterocycles. The summed E-state index contributed by atoms with van der Waals surface area (Å²) in [6.07, 6.45) is 7.30. The van der Waals surface area contributed by atoms with Gasteiger partial charge in [-0.05, 0) is 67.9 Å². The van der Waals surface area contributed by atoms with E-state index in [9.17, 15) is 18.4 Å². The molecule has 0 saturated carbocycles. The summed E-state index contributed by atoms with van der Waals surface area (Å²) in [6.45, 7) is -0.270. The number of aliphatic hydroxyl groups is 1. The van der Waals surface area contributed by atoms with Crippen LogP contribution < -0.4 is 4.74 Å². The fraction of sp³-hybridized carbons (Fsp3) is 0.417. The van der Waals surface area contributed by atoms with Crippen LogP contribution in [0.3, 0.4) is 0 Å². The molecule has 0 spiro atoms. The fourth-order valence-corrected chi connectivity index (χ4v) is 3.42. The van der Waals surface area contributed by atoms with Crippen LogP contribution >= 0.6 is 0 Å². The van der Waals surface area contributed by atoms with Crippen LogP contribution in [0.25, 0.3) is 0 Å². The number of hydrogen-bond donors (Lipinski definition) is 1. The van der Waals surface area contributed by atoms with E-state index in [0.717, 1.165) is 55.9 Å². The maximum Gasteiger partial charge on any atom is 0.165 e. The Balaban J connectivity index is 0.000000214. The van der Waals surface area contributed by atoms with Gasteiger partial charge in [-0.15, -0.1) is 0 Å². The highest BCUT2D eigenvalue weighted by Crippen LogP contribution is 2.27. The van der Waals surface area contributed by atoms with Crippen LogP contribution in [0.1, 0.15) is 65.6 Å². The van der Waals surface area contributed by atoms with Gasteiger partial charge in [-0.25, -0.2) is 8.78 Å². The van der Waals surface area contributed by atoms with E-state index in [1.54, 1.807) is 18.2 Å². The van der Waals surface area contributed by atoms with Gasteiger partial charge < -0.3 is 14.6 Å². The average Bonchev–Trinajstić information content (AvgIpc) is 2.93. The number of fused-ring (bicyclic) bond motifs is 1. The number of ether oxygens (including phenoxy) is 1. The van der Waals surface area contributed by atoms with Crippen molar-refractivity contribution in [1.29, 1.82) is 0 Å². The van der Waals surface area contributed by atoms with Gasteiger partial charge in [-0.3, -0.25) is 4.79 Å². The van der Waals surface area contributed by atoms with E-state index in [2.05, 4.69) is 0 Å². The molecule has 1 N–H and O–H groups in total. The van der Waals surface area contributed by atoms with Crippen molar-refractivity contribution >= 4 is 12.1 Å². The van der Waals surface area contributed by atoms with E-state index in [1.165, 1.54) is 19.2 Å². The fourth-order valence-electron chi connectivity index (χ4n) is 3.42. The number of halogens is 2. The number of rotatable bonds is 7. The van der Waals surface area contributed by atoms with Gasteiger partial charge in [-0.2, -0.15) is 0 Å². The van der Waals surface area contributed by atoms with Gasteiger partial charge in [0, 0.05) is 24.0 Å². The van der Waals surface area contributed by atoms with Crippen LogP contribution in [0, 0.1) is 11.6 Å². The molecule has 0 atom stereocenters. The Morgan fingerprint density at radius 2 is 1.83 bits per heavy atom. The van der Waals surface area contributed by atoms with Crippen LogP contribution in [-0.4, -0.2) is 24.3 Å². The topological polar surface area (TPSA) is 63.6 Å². The van der Waals surface area contributed by atoms with Gasteiger partial charge in [0.2, 0.25) is 0 Å². The summed E-state index contributed by atoms with van der Waals surface area (Å²) in [7, 11) is 1.43. The normalized spacial score (nSPS) is 13.0. The van der Waals surface area contributed by atoms with E-state index in [4.69, 9.17) is 9.84 Å². The Hall–Kier alpha value is -2.60. The third kappa shape index (κ3) is 6.73. The Labute approximate surface area is 175 Å². The van der Waals surface area contributed by atoms with Gasteiger partial charge >= 0.3 is 0 Å². The van der Waals surface area contributed by atoms with E-state index in [1.807, 2.05) is 0 Å². The molecule has 0 radical (unpaired) electrons. The largest absolute Gasteiger partial charge is 0.494 e. The SMILES string of the molecule is COc1cc2c(cc1F)C(=O)CCCC2.O=CCCCCc1ccc(F)c(CO)c1. The molecule has 6 heteroatoms. The highest BCUT2D eigenvalue weighted by atomic mass is 19.1. The zero-order valence-electron chi connectivity index (χ0n) is 17.3. The van der Waals surface area contributed by atoms with Crippen LogP contribution in [0.15, 0.2) is 30.3 Å². The van der Waals surface area contributed by atoms with Gasteiger partial charge in [0.05, 0.1) is 13.7 Å². The van der Waals surface area contributed by atoms with E-state index in [0.29, 0.717) is 24.0 Å². The molecule has 162 valence electrons. The van der Waals surface area contributed by atoms with Crippen molar-refractivity contribution in [2.45, 2.75) is 58.0 Å². The van der Waals surface area contributed by atoms with E-state index >= 15 is 0 Å². The van der Waals surface area contributed by atoms with Crippen molar-refractivity contribution in [3.8, 4) is 5.75 Å². The number of aryl methyl sites for hydroxylation is 2. The van der Waals surface area contributed by atoms with E-state index < -0.39 is 5.82 Å². The molecule has 2 aromatic rings. The Bertz CT molecular complexity index is 865. The highest BCUT2D eigenvalue weighted by Gasteiger charge is 2.18. The zero-order valence-corrected chi connectivity index (χ0v) is 17.3. The summed E-state index contributed by atoms with van der Waals surface area (Å²) in [5.41, 5.74) is 2.79. The van der Waals surface area contributed by atoms with Crippen molar-refractivity contribution in [3.63, 3.8) is 0 Å². The smallest absolute Gasteiger partial charge is 0.165 e. The molecule has 0 heterocycles. The molecule has 1 aliphatic carbocycles. The summed E-state index contributed by atoms with van der Waals surface area (Å²) in [4.78, 5) is 21.7. The summed E-state index contributed by atoms with van der Waals surface area (Å²) >= 11 is 0. The number of hydrogen-bond acceptors (Lipinski definition) is 4. The van der Waals surface area contributed by atoms with Crippen LogP contribution in [0.5, 0.6) is 5.75 Å². The maximum absolute atomic E-state index is 13.4. The second-order valence-corrected chi connectivity index (χ2v) is 7.27. The van der Waals surface area contributed by atoms with Gasteiger partial charge in [0.15, 0.2) is 17.3 Å². The van der Waals surface area contributed by atoms with Crippen LogP contribution in [-0.2, 0) is 24.2 Å². The molecule has 30 heavy (non-hydrogen) atoms. The number of Topliss-reactive ketones (excluding diaryl/α,β-unsaturated/α-hetero) is 1. The van der Waals surface area contributed by atoms with Crippen LogP contribution in [0.4, 0.5) is 8.78 Å². The number of carbonyl (C=O) groups excluding carboxylic acids is 2. The predicted octanol–water partition coefficient (Wildman–Crippen LogP) is 4.97. The Kier molecular flexibility index (Phi) is 9.61. The number of methoxy groups -OCH3 is 1. The number of carbonyl (C=O) groups is 2. The molecule has 2 aromatic carbocycles. The lowest BCUT2D eigenvalue weighted by Crippen LogP contribution is -2.02. The minimum Gasteiger partial charge on any atom is -0.494 e. The number of ketones is 1. The molecule has 1 aliphatic rings. The van der Waals surface area contributed by atoms with Crippen molar-refractivity contribution < 1.29 is 28.2 Å². The van der Waals surface area contributed by atoms with Gasteiger partial charge in [0.1, 0.15) is 12.1 Å². The molecule has 0 fully saturated rings. The zero-order chi connectivity index (χ0) is 21.9. The summed E-state index contributed by atoms with van der Waals surface area (Å²) in [5, 5.41) is 8.87. The lowest BCUT2D eigenvalue weighted by atomic mass is 10.0. The van der Waals surface area contributed by atoms with Crippen molar-refractivity contribution in [3.05, 3.63) is 64.2 Å². The molecule has 0 aromatic heterocycles. The van der Waals surface area contributed by atoms with Crippen LogP contribution in [0.2, 0.25) is 0 Å². The summed E-state index contributed by atoms with van der Waals surface area (Å²) in [5.74, 6) is -0.548. The average molecular weight is 418 g/mol. The molecule has 0 aliphatic heterocycles. The highest BCUT2D eigenvalue weighted by molar-refractivity contribution is 5.98. The monoisotopic (exact) mass is 418 g/mol. The molecule has 0 bridgehead atoms. The standard InChI is InChI=1S/C12H13FO2.C12H15FO2/c1-15-12-6-8-4-2-3-5-11(14)9(8)7-10(12)13;13-12-6-5-10(8-11(12)9-15)4-2-1-3-7-14/h6-7H,2-5H2,1H3;5-8,15H,1-4,9H2. The molecule has 4 nitrogen and oxygen atoms in total. The summed E-state index contributed by atoms with van der Waals surface area (Å²) < 4.78 is 31.3. The number of aldehydes is 1. The minimum absolute atomic E-state index is 0.0454. The Morgan fingerprint density at radius 1 is 1.07 bits per heavy atom. The first-order valence-corrected chi connectivity index (χ1v) is 10.2. The number of unbranched alkanes of at least 4 members (excludes halogenated alkanes) is 2. The lowest BCUT2D eigenvalue weighted by molar-refractivity contribution is -0.107. The third-order valence-electron chi connectivity index (χ3n) is 5.10. The number of benzene rings is 2. The Morgan fingerprint density at radius 3 is 2.53 bits per heavy atom. The molecular formula is C24H28F2O4. The first-order chi connectivity index (χ1) is 14.5. The quantitative estimate of drug-likeness (QED) is 0.392. The second-order valence-electron chi connectivity index (χ2n) is 7.27. The lowest BCUT2D eigenvalue weighted by Gasteiger charge is -2.08. The van der Waals surface area contributed by atoms with Gasteiger partial charge in [0.25, 0.3) is 0 Å². The first kappa shape index (κ1) is 23.7. The third-order valence-corrected chi connectivity index (χ3v) is 5.10. The second kappa shape index (κ2) is 12.2. The van der Waals surface area contributed by atoms with Crippen molar-refractivity contribution in [1.82, 2.24) is 0 Å². The number of aliphatic hydroxyl groups excluding tert-OH is 1. The van der Waals surface area contributed by atoms with Gasteiger partial charge in [-0.1, -0.05) is 12.1 Å². The predicted molar refractivity (Wildman–Crippen MR) is 111 cm³/mol.